The van der Waals surface area contributed by atoms with Crippen LogP contribution >= 0.6 is 12.2 Å². The maximum Gasteiger partial charge on any atom is 0.419 e. The van der Waals surface area contributed by atoms with Crippen molar-refractivity contribution in [3.8, 4) is 6.07 Å². The number of pyridine rings is 1. The second kappa shape index (κ2) is 17.4. The van der Waals surface area contributed by atoms with Gasteiger partial charge in [0.25, 0.3) is 5.91 Å². The van der Waals surface area contributed by atoms with Gasteiger partial charge >= 0.3 is 12.2 Å². The molecule has 4 fully saturated rings. The van der Waals surface area contributed by atoms with Crippen LogP contribution in [-0.4, -0.2) is 103 Å². The van der Waals surface area contributed by atoms with Gasteiger partial charge in [-0.15, -0.1) is 0 Å². The number of thiocarbonyl (C=S) groups is 1. The molecule has 0 spiro atoms. The topological polar surface area (TPSA) is 157 Å². The number of piperidine rings is 1. The molecule has 1 aromatic carbocycles. The summed E-state index contributed by atoms with van der Waals surface area (Å²) in [6.45, 7) is 8.95. The highest BCUT2D eigenvalue weighted by Gasteiger charge is 2.53. The molecule has 0 radical (unpaired) electrons. The summed E-state index contributed by atoms with van der Waals surface area (Å²) < 4.78 is 49.3. The standard InChI is InChI=1S/C43H52F3N9O5S/c1-25-18-32(19-26(2)53(25)24-31(56)20-28-9-6-10-33-37(28)51(5)50-38(33)52-16-15-36(57)49-40(52)59)60-17-7-8-27-11-13-29(14-12-27)55-41(61)54(39(58)42(55,3)4)30-21-34(43(44,45)46)35(22-47)48-23-30/h6,9-10,21,23,25-27,29,32H,7-8,11-20,24H2,1-5H3,(H,49,57,59)/t25-,26+,27?,29?,32?. The van der Waals surface area contributed by atoms with Gasteiger partial charge in [-0.2, -0.15) is 23.5 Å². The van der Waals surface area contributed by atoms with E-state index >= 15 is 0 Å². The van der Waals surface area contributed by atoms with Crippen LogP contribution in [0.15, 0.2) is 30.5 Å². The number of aromatic nitrogens is 3. The first-order valence-corrected chi connectivity index (χ1v) is 21.4. The number of rotatable bonds is 12. The lowest BCUT2D eigenvalue weighted by atomic mass is 9.82. The maximum absolute atomic E-state index is 13.7. The number of para-hydroxylation sites is 1. The molecule has 1 saturated carbocycles. The predicted octanol–water partition coefficient (Wildman–Crippen LogP) is 6.43. The van der Waals surface area contributed by atoms with Crippen LogP contribution in [-0.2, 0) is 38.8 Å². The Labute approximate surface area is 358 Å². The van der Waals surface area contributed by atoms with Crippen molar-refractivity contribution in [3.63, 3.8) is 0 Å². The lowest BCUT2D eigenvalue weighted by Gasteiger charge is -2.42. The number of imide groups is 1. The maximum atomic E-state index is 13.7. The molecule has 3 aromatic rings. The molecule has 3 saturated heterocycles. The second-order valence-corrected chi connectivity index (χ2v) is 17.8. The SMILES string of the molecule is C[C@@H]1CC(OCCCC2CCC(N3C(=S)N(c4cnc(C#N)c(C(F)(F)F)c4)C(=O)C3(C)C)CC2)C[C@H](C)N1CC(=O)Cc1cccc2c(N3CCC(=O)NC3=O)nn(C)c12. The number of nitrogens with zero attached hydrogens (tertiary/aromatic N) is 8. The number of amides is 4. The first-order valence-electron chi connectivity index (χ1n) is 21.0. The molecule has 18 heteroatoms. The summed E-state index contributed by atoms with van der Waals surface area (Å²) in [6.07, 6.45) is 3.77. The van der Waals surface area contributed by atoms with E-state index in [1.165, 1.54) is 11.0 Å². The number of alkyl halides is 3. The van der Waals surface area contributed by atoms with Crippen LogP contribution < -0.4 is 15.1 Å². The number of benzene rings is 1. The van der Waals surface area contributed by atoms with Crippen LogP contribution in [0.5, 0.6) is 0 Å². The zero-order valence-electron chi connectivity index (χ0n) is 35.1. The molecule has 5 heterocycles. The number of urea groups is 1. The number of carbonyl (C=O) groups is 4. The first-order chi connectivity index (χ1) is 28.9. The molecule has 2 aromatic heterocycles. The summed E-state index contributed by atoms with van der Waals surface area (Å²) in [5.74, 6) is 0.284. The quantitative estimate of drug-likeness (QED) is 0.158. The number of nitrogens with one attached hydrogen (secondary N) is 1. The molecular weight excluding hydrogens is 812 g/mol. The number of fused-ring (bicyclic) bond motifs is 1. The molecule has 0 bridgehead atoms. The Bertz CT molecular complexity index is 2250. The molecule has 1 N–H and O–H groups in total. The minimum absolute atomic E-state index is 0.0441. The average molecular weight is 864 g/mol. The molecule has 3 atom stereocenters. The van der Waals surface area contributed by atoms with Crippen LogP contribution in [0.2, 0.25) is 0 Å². The molecule has 1 aliphatic carbocycles. The van der Waals surface area contributed by atoms with Gasteiger partial charge < -0.3 is 9.64 Å². The van der Waals surface area contributed by atoms with E-state index in [1.807, 2.05) is 23.1 Å². The van der Waals surface area contributed by atoms with Gasteiger partial charge in [0, 0.05) is 56.6 Å². The number of Topliss-reactive ketones (excluding diaryl/α,β-unsaturated/α-hetero) is 1. The van der Waals surface area contributed by atoms with E-state index in [4.69, 9.17) is 17.0 Å². The third kappa shape index (κ3) is 8.87. The van der Waals surface area contributed by atoms with Crippen molar-refractivity contribution in [2.24, 2.45) is 13.0 Å². The van der Waals surface area contributed by atoms with Gasteiger partial charge in [0.05, 0.1) is 35.6 Å². The van der Waals surface area contributed by atoms with Crippen LogP contribution in [0.3, 0.4) is 0 Å². The predicted molar refractivity (Wildman–Crippen MR) is 224 cm³/mol. The average Bonchev–Trinajstić information content (AvgIpc) is 3.62. The van der Waals surface area contributed by atoms with Gasteiger partial charge in [0.1, 0.15) is 11.6 Å². The van der Waals surface area contributed by atoms with Crippen molar-refractivity contribution in [2.45, 2.75) is 128 Å². The van der Waals surface area contributed by atoms with Crippen LogP contribution in [0.4, 0.5) is 29.5 Å². The van der Waals surface area contributed by atoms with Crippen molar-refractivity contribution >= 4 is 63.4 Å². The minimum Gasteiger partial charge on any atom is -0.378 e. The normalized spacial score (nSPS) is 25.0. The molecule has 7 rings (SSSR count). The third-order valence-electron chi connectivity index (χ3n) is 12.9. The largest absolute Gasteiger partial charge is 0.419 e. The summed E-state index contributed by atoms with van der Waals surface area (Å²) in [5.41, 5.74) is -1.52. The highest BCUT2D eigenvalue weighted by Crippen LogP contribution is 2.41. The van der Waals surface area contributed by atoms with E-state index in [-0.39, 0.29) is 66.1 Å². The number of hydrogen-bond acceptors (Lipinski definition) is 10. The van der Waals surface area contributed by atoms with Gasteiger partial charge in [-0.05, 0) is 115 Å². The Morgan fingerprint density at radius 2 is 1.80 bits per heavy atom. The Morgan fingerprint density at radius 1 is 1.10 bits per heavy atom. The van der Waals surface area contributed by atoms with E-state index in [9.17, 15) is 37.6 Å². The van der Waals surface area contributed by atoms with Gasteiger partial charge in [-0.25, -0.2) is 9.78 Å². The fourth-order valence-corrected chi connectivity index (χ4v) is 10.4. The summed E-state index contributed by atoms with van der Waals surface area (Å²) in [6, 6.07) is 7.66. The molecule has 1 unspecified atom stereocenters. The molecule has 326 valence electrons. The number of halogens is 3. The highest BCUT2D eigenvalue weighted by atomic mass is 32.1. The minimum atomic E-state index is -4.82. The van der Waals surface area contributed by atoms with Crippen LogP contribution in [0, 0.1) is 17.2 Å². The number of likely N-dealkylation sites (tertiary alicyclic amines) is 1. The van der Waals surface area contributed by atoms with Crippen molar-refractivity contribution in [1.82, 2.24) is 29.9 Å². The number of aryl methyl sites for hydroxylation is 1. The van der Waals surface area contributed by atoms with Gasteiger partial charge in [-0.1, -0.05) is 12.1 Å². The number of ketones is 1. The Balaban J connectivity index is 0.861. The van der Waals surface area contributed by atoms with Crippen LogP contribution in [0.1, 0.15) is 102 Å². The fraction of sp³-hybridized carbons (Fsp3) is 0.581. The second-order valence-electron chi connectivity index (χ2n) is 17.4. The van der Waals surface area contributed by atoms with E-state index < -0.39 is 34.9 Å². The zero-order valence-corrected chi connectivity index (χ0v) is 35.9. The van der Waals surface area contributed by atoms with Crippen LogP contribution in [0.25, 0.3) is 10.9 Å². The Hall–Kier alpha value is -4.99. The van der Waals surface area contributed by atoms with E-state index in [2.05, 4.69) is 34.1 Å². The van der Waals surface area contributed by atoms with Gasteiger partial charge in [0.15, 0.2) is 22.4 Å². The van der Waals surface area contributed by atoms with E-state index in [0.717, 1.165) is 85.0 Å². The lowest BCUT2D eigenvalue weighted by Crippen LogP contribution is -2.51. The van der Waals surface area contributed by atoms with Crippen molar-refractivity contribution < 1.29 is 37.1 Å². The highest BCUT2D eigenvalue weighted by molar-refractivity contribution is 7.80. The number of ether oxygens (including phenoxy) is 1. The monoisotopic (exact) mass is 863 g/mol. The van der Waals surface area contributed by atoms with E-state index in [0.29, 0.717) is 24.9 Å². The lowest BCUT2D eigenvalue weighted by molar-refractivity contribution is -0.138. The molecule has 61 heavy (non-hydrogen) atoms. The number of anilines is 2. The van der Waals surface area contributed by atoms with Crippen molar-refractivity contribution in [2.75, 3.05) is 29.5 Å². The Kier molecular flexibility index (Phi) is 12.6. The van der Waals surface area contributed by atoms with Crippen molar-refractivity contribution in [3.05, 3.63) is 47.3 Å². The van der Waals surface area contributed by atoms with Gasteiger partial charge in [-0.3, -0.25) is 39.1 Å². The summed E-state index contributed by atoms with van der Waals surface area (Å²) in [7, 11) is 1.79. The molecule has 14 nitrogen and oxygen atoms in total. The molecule has 4 amide bonds. The summed E-state index contributed by atoms with van der Waals surface area (Å²) in [4.78, 5) is 61.9. The zero-order chi connectivity index (χ0) is 44.0. The number of nitriles is 1. The molecule has 3 aliphatic heterocycles. The Morgan fingerprint density at radius 3 is 2.46 bits per heavy atom. The fourth-order valence-electron chi connectivity index (χ4n) is 9.84. The van der Waals surface area contributed by atoms with E-state index in [1.54, 1.807) is 25.6 Å². The summed E-state index contributed by atoms with van der Waals surface area (Å²) in [5, 5.41) is 17.0. The smallest absolute Gasteiger partial charge is 0.378 e. The van der Waals surface area contributed by atoms with Gasteiger partial charge in [0.2, 0.25) is 5.91 Å². The number of carbonyl (C=O) groups excluding carboxylic acids is 4. The number of hydrogen-bond donors (Lipinski definition) is 1. The molecule has 4 aliphatic rings. The summed E-state index contributed by atoms with van der Waals surface area (Å²) >= 11 is 5.74. The third-order valence-corrected chi connectivity index (χ3v) is 13.3. The first kappa shape index (κ1) is 44.1. The van der Waals surface area contributed by atoms with Crippen molar-refractivity contribution in [1.29, 1.82) is 5.26 Å². The molecular formula is C43H52F3N9O5S.